The standard InChI is InChI=1S/CH2O3.Na.H2O4S.Zr/c2-1(3)4;;1-5(2,3)4;/h(H2,2,3,4);;(H2,1,2,3,4);/q;+1;;+4/p-4. The first-order valence-electron chi connectivity index (χ1n) is 1.28. The van der Waals surface area contributed by atoms with Crippen LogP contribution in [0.2, 0.25) is 0 Å². The summed E-state index contributed by atoms with van der Waals surface area (Å²) in [7, 11) is -5.17. The summed E-state index contributed by atoms with van der Waals surface area (Å²) >= 11 is 0. The fraction of sp³-hybridized carbons (Fsp3) is 0. The van der Waals surface area contributed by atoms with Crippen molar-refractivity contribution in [3.8, 4) is 0 Å². The van der Waals surface area contributed by atoms with Crippen LogP contribution in [0, 0.1) is 0 Å². The molecule has 56 valence electrons. The van der Waals surface area contributed by atoms with Gasteiger partial charge in [0.05, 0.1) is 0 Å². The van der Waals surface area contributed by atoms with Crippen molar-refractivity contribution >= 4 is 16.6 Å². The van der Waals surface area contributed by atoms with Crippen molar-refractivity contribution in [3.63, 3.8) is 0 Å². The number of hydrogen-bond donors (Lipinski definition) is 0. The number of rotatable bonds is 0. The fourth-order valence-electron chi connectivity index (χ4n) is 0. The molecule has 0 aliphatic rings. The third kappa shape index (κ3) is 857. The smallest absolute Gasteiger partial charge is 0.759 e. The van der Waals surface area contributed by atoms with E-state index < -0.39 is 16.6 Å². The summed E-state index contributed by atoms with van der Waals surface area (Å²) in [5.74, 6) is 0. The summed E-state index contributed by atoms with van der Waals surface area (Å²) in [4.78, 5) is 8.33. The molecule has 0 aromatic rings. The minimum Gasteiger partial charge on any atom is -0.759 e. The van der Waals surface area contributed by atoms with Gasteiger partial charge in [-0.3, -0.25) is 8.42 Å². The molecule has 0 atom stereocenters. The molecule has 0 aliphatic carbocycles. The molecular formula is CNaO7SZr+. The number of carbonyl (C=O) groups excluding carboxylic acids is 1. The van der Waals surface area contributed by atoms with E-state index in [9.17, 15) is 0 Å². The van der Waals surface area contributed by atoms with E-state index in [1.54, 1.807) is 0 Å². The Morgan fingerprint density at radius 1 is 1.09 bits per heavy atom. The molecule has 0 spiro atoms. The van der Waals surface area contributed by atoms with Gasteiger partial charge >= 0.3 is 55.8 Å². The van der Waals surface area contributed by atoms with Crippen LogP contribution in [-0.2, 0) is 36.6 Å². The Bertz CT molecular complexity index is 161. The first kappa shape index (κ1) is 22.7. The summed E-state index contributed by atoms with van der Waals surface area (Å²) in [6.07, 6.45) is -2.33. The third-order valence-electron chi connectivity index (χ3n) is 0. The van der Waals surface area contributed by atoms with Crippen LogP contribution < -0.4 is 39.8 Å². The molecule has 0 radical (unpaired) electrons. The molecule has 0 fully saturated rings. The van der Waals surface area contributed by atoms with Gasteiger partial charge in [0.15, 0.2) is 0 Å². The maximum absolute atomic E-state index is 8.52. The van der Waals surface area contributed by atoms with Crippen molar-refractivity contribution in [2.75, 3.05) is 0 Å². The van der Waals surface area contributed by atoms with E-state index in [1.165, 1.54) is 0 Å². The zero-order valence-electron chi connectivity index (χ0n) is 5.27. The molecule has 0 saturated heterocycles. The van der Waals surface area contributed by atoms with E-state index >= 15 is 0 Å². The molecule has 0 amide bonds. The first-order valence-corrected chi connectivity index (χ1v) is 2.61. The molecule has 0 aliphatic heterocycles. The van der Waals surface area contributed by atoms with Gasteiger partial charge in [-0.2, -0.15) is 0 Å². The summed E-state index contributed by atoms with van der Waals surface area (Å²) in [6, 6.07) is 0. The van der Waals surface area contributed by atoms with Crippen LogP contribution in [-0.4, -0.2) is 23.7 Å². The van der Waals surface area contributed by atoms with Gasteiger partial charge in [0, 0.05) is 10.4 Å². The summed E-state index contributed by atoms with van der Waals surface area (Å²) in [6.45, 7) is 0. The SMILES string of the molecule is O=C([O-])[O-].O=S(=O)([O-])[O-].[Na+].[Zr+4]. The van der Waals surface area contributed by atoms with Gasteiger partial charge in [-0.05, 0) is 6.16 Å². The van der Waals surface area contributed by atoms with Crippen molar-refractivity contribution in [1.82, 2.24) is 0 Å². The van der Waals surface area contributed by atoms with Crippen LogP contribution in [0.5, 0.6) is 0 Å². The normalized spacial score (nSPS) is 7.45. The average Bonchev–Trinajstić information content (AvgIpc) is 1.19. The van der Waals surface area contributed by atoms with Crippen LogP contribution >= 0.6 is 0 Å². The molecule has 0 heterocycles. The van der Waals surface area contributed by atoms with Crippen LogP contribution in [0.25, 0.3) is 0 Å². The van der Waals surface area contributed by atoms with Crippen molar-refractivity contribution in [1.29, 1.82) is 0 Å². The van der Waals surface area contributed by atoms with Crippen LogP contribution in [0.3, 0.4) is 0 Å². The first-order chi connectivity index (χ1) is 3.73. The van der Waals surface area contributed by atoms with E-state index in [0.717, 1.165) is 0 Å². The van der Waals surface area contributed by atoms with Crippen molar-refractivity contribution in [2.45, 2.75) is 0 Å². The maximum atomic E-state index is 8.52. The third-order valence-corrected chi connectivity index (χ3v) is 0. The van der Waals surface area contributed by atoms with Crippen LogP contribution in [0.1, 0.15) is 0 Å². The van der Waals surface area contributed by atoms with Gasteiger partial charge in [0.1, 0.15) is 0 Å². The Morgan fingerprint density at radius 3 is 1.09 bits per heavy atom. The predicted molar refractivity (Wildman–Crippen MR) is 15.9 cm³/mol. The van der Waals surface area contributed by atoms with Gasteiger partial charge < -0.3 is 24.1 Å². The molecule has 7 nitrogen and oxygen atoms in total. The van der Waals surface area contributed by atoms with Crippen molar-refractivity contribution in [2.24, 2.45) is 0 Å². The van der Waals surface area contributed by atoms with E-state index in [1.807, 2.05) is 0 Å². The number of carbonyl (C=O) groups is 1. The van der Waals surface area contributed by atoms with Gasteiger partial charge in [-0.25, -0.2) is 0 Å². The molecule has 0 unspecified atom stereocenters. The quantitative estimate of drug-likeness (QED) is 0.242. The van der Waals surface area contributed by atoms with E-state index in [2.05, 4.69) is 0 Å². The van der Waals surface area contributed by atoms with E-state index in [4.69, 9.17) is 32.5 Å². The predicted octanol–water partition coefficient (Wildman–Crippen LogP) is -6.78. The average molecular weight is 270 g/mol. The topological polar surface area (TPSA) is 143 Å². The van der Waals surface area contributed by atoms with Crippen LogP contribution in [0.15, 0.2) is 0 Å². The Labute approximate surface area is 104 Å². The fourth-order valence-corrected chi connectivity index (χ4v) is 0. The van der Waals surface area contributed by atoms with Gasteiger partial charge in [0.25, 0.3) is 0 Å². The zero-order chi connectivity index (χ0) is 8.08. The molecule has 0 aromatic carbocycles. The molecule has 0 rings (SSSR count). The van der Waals surface area contributed by atoms with E-state index in [-0.39, 0.29) is 55.8 Å². The van der Waals surface area contributed by atoms with E-state index in [0.29, 0.717) is 0 Å². The van der Waals surface area contributed by atoms with Crippen LogP contribution in [0.4, 0.5) is 4.79 Å². The Balaban J connectivity index is -0.0000000383. The van der Waals surface area contributed by atoms with Gasteiger partial charge in [0.2, 0.25) is 0 Å². The van der Waals surface area contributed by atoms with Gasteiger partial charge in [-0.15, -0.1) is 0 Å². The molecule has 11 heavy (non-hydrogen) atoms. The maximum Gasteiger partial charge on any atom is 4.00 e. The molecular weight excluding hydrogens is 270 g/mol. The largest absolute Gasteiger partial charge is 4.00 e. The monoisotopic (exact) mass is 269 g/mol. The number of hydrogen-bond acceptors (Lipinski definition) is 7. The molecule has 10 heteroatoms. The minimum absolute atomic E-state index is 0. The second-order valence-electron chi connectivity index (χ2n) is 0.658. The summed E-state index contributed by atoms with van der Waals surface area (Å²) in [5.41, 5.74) is 0. The Morgan fingerprint density at radius 2 is 1.09 bits per heavy atom. The molecule has 0 bridgehead atoms. The second-order valence-corrected chi connectivity index (χ2v) is 1.47. The molecule has 0 aromatic heterocycles. The Kier molecular flexibility index (Phi) is 22.7. The second kappa shape index (κ2) is 11.0. The summed E-state index contributed by atoms with van der Waals surface area (Å²) in [5, 5.41) is 16.7. The Hall–Kier alpha value is 1.02. The zero-order valence-corrected chi connectivity index (χ0v) is 10.5. The van der Waals surface area contributed by atoms with Gasteiger partial charge in [-0.1, -0.05) is 0 Å². The minimum atomic E-state index is -5.17. The number of carboxylic acid groups (broad SMARTS) is 2. The van der Waals surface area contributed by atoms with Crippen molar-refractivity contribution < 1.29 is 88.3 Å². The molecule has 0 N–H and O–H groups in total. The summed E-state index contributed by atoms with van der Waals surface area (Å²) < 4.78 is 34.1. The molecule has 0 saturated carbocycles. The van der Waals surface area contributed by atoms with Crippen molar-refractivity contribution in [3.05, 3.63) is 0 Å².